The molecule has 96 valence electrons. The van der Waals surface area contributed by atoms with Gasteiger partial charge >= 0.3 is 0 Å². The van der Waals surface area contributed by atoms with Gasteiger partial charge in [-0.15, -0.1) is 0 Å². The molecular formula is C13H18N4O. The van der Waals surface area contributed by atoms with Crippen molar-refractivity contribution in [2.45, 2.75) is 26.7 Å². The smallest absolute Gasteiger partial charge is 0.259 e. The molecule has 2 heterocycles. The molecule has 0 unspecified atom stereocenters. The molecule has 0 spiro atoms. The van der Waals surface area contributed by atoms with Gasteiger partial charge in [0.2, 0.25) is 0 Å². The van der Waals surface area contributed by atoms with Crippen LogP contribution in [0.15, 0.2) is 24.7 Å². The highest BCUT2D eigenvalue weighted by molar-refractivity contribution is 5.99. The summed E-state index contributed by atoms with van der Waals surface area (Å²) in [7, 11) is 0. The molecule has 0 aliphatic rings. The molecule has 0 fully saturated rings. The lowest BCUT2D eigenvalue weighted by molar-refractivity contribution is 0.0757. The number of carbonyl (C=O) groups excluding carboxylic acids is 1. The Morgan fingerprint density at radius 3 is 2.72 bits per heavy atom. The maximum Gasteiger partial charge on any atom is 0.259 e. The summed E-state index contributed by atoms with van der Waals surface area (Å²) in [6.45, 7) is 5.70. The molecule has 0 atom stereocenters. The lowest BCUT2D eigenvalue weighted by atomic mass is 10.2. The van der Waals surface area contributed by atoms with E-state index in [1.165, 1.54) is 0 Å². The lowest BCUT2D eigenvalue weighted by Crippen LogP contribution is -2.32. The maximum atomic E-state index is 12.4. The second kappa shape index (κ2) is 5.62. The summed E-state index contributed by atoms with van der Waals surface area (Å²) in [4.78, 5) is 18.5. The molecule has 0 saturated carbocycles. The van der Waals surface area contributed by atoms with Gasteiger partial charge in [-0.3, -0.25) is 4.79 Å². The van der Waals surface area contributed by atoms with Crippen molar-refractivity contribution in [1.29, 1.82) is 0 Å². The minimum absolute atomic E-state index is 0.0207. The number of carbonyl (C=O) groups is 1. The first-order chi connectivity index (χ1) is 8.77. The SMILES string of the molecule is CCCN(CCC)C(=O)c1cnn2cccnc12. The van der Waals surface area contributed by atoms with Crippen molar-refractivity contribution in [2.24, 2.45) is 0 Å². The van der Waals surface area contributed by atoms with Gasteiger partial charge in [-0.25, -0.2) is 9.50 Å². The van der Waals surface area contributed by atoms with Crippen LogP contribution in [0.1, 0.15) is 37.0 Å². The molecule has 0 aromatic carbocycles. The van der Waals surface area contributed by atoms with E-state index in [4.69, 9.17) is 0 Å². The normalized spacial score (nSPS) is 10.8. The van der Waals surface area contributed by atoms with Crippen LogP contribution in [0.25, 0.3) is 5.65 Å². The van der Waals surface area contributed by atoms with Crippen molar-refractivity contribution in [1.82, 2.24) is 19.5 Å². The first-order valence-corrected chi connectivity index (χ1v) is 6.35. The summed E-state index contributed by atoms with van der Waals surface area (Å²) in [6, 6.07) is 1.80. The Hall–Kier alpha value is -1.91. The van der Waals surface area contributed by atoms with Crippen LogP contribution >= 0.6 is 0 Å². The zero-order valence-electron chi connectivity index (χ0n) is 10.8. The standard InChI is InChI=1S/C13H18N4O/c1-3-7-16(8-4-2)13(18)11-10-15-17-9-5-6-14-12(11)17/h5-6,9-10H,3-4,7-8H2,1-2H3. The van der Waals surface area contributed by atoms with Crippen LogP contribution < -0.4 is 0 Å². The van der Waals surface area contributed by atoms with Gasteiger partial charge in [0.15, 0.2) is 5.65 Å². The topological polar surface area (TPSA) is 50.5 Å². The van der Waals surface area contributed by atoms with Crippen LogP contribution in [0.2, 0.25) is 0 Å². The van der Waals surface area contributed by atoms with E-state index in [2.05, 4.69) is 23.9 Å². The Bertz CT molecular complexity index is 529. The number of fused-ring (bicyclic) bond motifs is 1. The first kappa shape index (κ1) is 12.5. The molecule has 5 heteroatoms. The molecule has 18 heavy (non-hydrogen) atoms. The van der Waals surface area contributed by atoms with Crippen molar-refractivity contribution in [3.63, 3.8) is 0 Å². The van der Waals surface area contributed by atoms with Gasteiger partial charge < -0.3 is 4.90 Å². The van der Waals surface area contributed by atoms with Gasteiger partial charge in [0.25, 0.3) is 5.91 Å². The van der Waals surface area contributed by atoms with E-state index in [1.54, 1.807) is 29.2 Å². The van der Waals surface area contributed by atoms with E-state index in [-0.39, 0.29) is 5.91 Å². The predicted molar refractivity (Wildman–Crippen MR) is 69.5 cm³/mol. The summed E-state index contributed by atoms with van der Waals surface area (Å²) in [5.41, 5.74) is 1.21. The van der Waals surface area contributed by atoms with Gasteiger partial charge in [-0.2, -0.15) is 5.10 Å². The maximum absolute atomic E-state index is 12.4. The summed E-state index contributed by atoms with van der Waals surface area (Å²) in [6.07, 6.45) is 6.99. The number of aromatic nitrogens is 3. The molecule has 0 saturated heterocycles. The molecule has 5 nitrogen and oxygen atoms in total. The van der Waals surface area contributed by atoms with Crippen molar-refractivity contribution in [3.8, 4) is 0 Å². The summed E-state index contributed by atoms with van der Waals surface area (Å²) < 4.78 is 1.63. The van der Waals surface area contributed by atoms with Crippen LogP contribution in [0.5, 0.6) is 0 Å². The van der Waals surface area contributed by atoms with Gasteiger partial charge in [-0.05, 0) is 18.9 Å². The molecule has 0 bridgehead atoms. The van der Waals surface area contributed by atoms with E-state index >= 15 is 0 Å². The average molecular weight is 246 g/mol. The molecular weight excluding hydrogens is 228 g/mol. The van der Waals surface area contributed by atoms with E-state index in [1.807, 2.05) is 4.90 Å². The highest BCUT2D eigenvalue weighted by atomic mass is 16.2. The van der Waals surface area contributed by atoms with Gasteiger partial charge in [0.1, 0.15) is 5.56 Å². The Kier molecular flexibility index (Phi) is 3.92. The molecule has 2 rings (SSSR count). The highest BCUT2D eigenvalue weighted by Gasteiger charge is 2.19. The first-order valence-electron chi connectivity index (χ1n) is 6.35. The van der Waals surface area contributed by atoms with Crippen LogP contribution in [0.3, 0.4) is 0 Å². The highest BCUT2D eigenvalue weighted by Crippen LogP contribution is 2.11. The molecule has 2 aromatic rings. The molecule has 2 aromatic heterocycles. The number of hydrogen-bond donors (Lipinski definition) is 0. The molecule has 0 aliphatic carbocycles. The quantitative estimate of drug-likeness (QED) is 0.810. The minimum Gasteiger partial charge on any atom is -0.339 e. The Balaban J connectivity index is 2.31. The lowest BCUT2D eigenvalue weighted by Gasteiger charge is -2.20. The number of hydrogen-bond acceptors (Lipinski definition) is 3. The number of rotatable bonds is 5. The third-order valence-electron chi connectivity index (χ3n) is 2.78. The van der Waals surface area contributed by atoms with Crippen LogP contribution in [0, 0.1) is 0 Å². The number of amides is 1. The Labute approximate surface area is 106 Å². The Morgan fingerprint density at radius 2 is 2.06 bits per heavy atom. The molecule has 0 aliphatic heterocycles. The Morgan fingerprint density at radius 1 is 1.33 bits per heavy atom. The largest absolute Gasteiger partial charge is 0.339 e. The van der Waals surface area contributed by atoms with Gasteiger partial charge in [0, 0.05) is 25.5 Å². The van der Waals surface area contributed by atoms with Crippen LogP contribution in [-0.2, 0) is 0 Å². The second-order valence-corrected chi connectivity index (χ2v) is 4.24. The summed E-state index contributed by atoms with van der Waals surface area (Å²) in [5.74, 6) is 0.0207. The second-order valence-electron chi connectivity index (χ2n) is 4.24. The predicted octanol–water partition coefficient (Wildman–Crippen LogP) is 1.99. The minimum atomic E-state index is 0.0207. The fourth-order valence-electron chi connectivity index (χ4n) is 2.00. The fourth-order valence-corrected chi connectivity index (χ4v) is 2.00. The fraction of sp³-hybridized carbons (Fsp3) is 0.462. The van der Waals surface area contributed by atoms with E-state index in [9.17, 15) is 4.79 Å². The van der Waals surface area contributed by atoms with Crippen molar-refractivity contribution in [2.75, 3.05) is 13.1 Å². The average Bonchev–Trinajstić information content (AvgIpc) is 2.81. The van der Waals surface area contributed by atoms with E-state index < -0.39 is 0 Å². The van der Waals surface area contributed by atoms with E-state index in [0.29, 0.717) is 11.2 Å². The van der Waals surface area contributed by atoms with Crippen LogP contribution in [-0.4, -0.2) is 38.5 Å². The van der Waals surface area contributed by atoms with Crippen LogP contribution in [0.4, 0.5) is 0 Å². The summed E-state index contributed by atoms with van der Waals surface area (Å²) in [5, 5.41) is 4.15. The van der Waals surface area contributed by atoms with Crippen molar-refractivity contribution >= 4 is 11.6 Å². The number of nitrogens with zero attached hydrogens (tertiary/aromatic N) is 4. The summed E-state index contributed by atoms with van der Waals surface area (Å²) >= 11 is 0. The van der Waals surface area contributed by atoms with Crippen molar-refractivity contribution < 1.29 is 4.79 Å². The van der Waals surface area contributed by atoms with Crippen molar-refractivity contribution in [3.05, 3.63) is 30.2 Å². The third-order valence-corrected chi connectivity index (χ3v) is 2.78. The molecule has 0 N–H and O–H groups in total. The third kappa shape index (κ3) is 2.34. The zero-order valence-corrected chi connectivity index (χ0v) is 10.8. The molecule has 1 amide bonds. The van der Waals surface area contributed by atoms with Gasteiger partial charge in [0.05, 0.1) is 6.20 Å². The van der Waals surface area contributed by atoms with Gasteiger partial charge in [-0.1, -0.05) is 13.8 Å². The molecule has 0 radical (unpaired) electrons. The van der Waals surface area contributed by atoms with E-state index in [0.717, 1.165) is 25.9 Å². The monoisotopic (exact) mass is 246 g/mol. The zero-order chi connectivity index (χ0) is 13.0.